The van der Waals surface area contributed by atoms with Crippen LogP contribution in [0, 0.1) is 0 Å². The highest BCUT2D eigenvalue weighted by Crippen LogP contribution is 2.36. The molecule has 0 aliphatic rings. The Morgan fingerprint density at radius 1 is 1.20 bits per heavy atom. The second-order valence-electron chi connectivity index (χ2n) is 3.92. The van der Waals surface area contributed by atoms with Gasteiger partial charge in [-0.3, -0.25) is 0 Å². The van der Waals surface area contributed by atoms with E-state index in [4.69, 9.17) is 18.9 Å². The lowest BCUT2D eigenvalue weighted by atomic mass is 10.2. The molecule has 0 aliphatic heterocycles. The van der Waals surface area contributed by atoms with Crippen molar-refractivity contribution in [2.24, 2.45) is 0 Å². The number of benzene rings is 1. The highest BCUT2D eigenvalue weighted by molar-refractivity contribution is 9.10. The maximum Gasteiger partial charge on any atom is 0.191 e. The number of hydrogen-bond acceptors (Lipinski definition) is 5. The molecular formula is C14H21BrO5. The van der Waals surface area contributed by atoms with Crippen LogP contribution in [0.3, 0.4) is 0 Å². The molecular weight excluding hydrogens is 328 g/mol. The normalized spacial score (nSPS) is 10.9. The Kier molecular flexibility index (Phi) is 7.91. The molecule has 114 valence electrons. The lowest BCUT2D eigenvalue weighted by Gasteiger charge is -2.19. The summed E-state index contributed by atoms with van der Waals surface area (Å²) in [5.41, 5.74) is 0.743. The van der Waals surface area contributed by atoms with Crippen molar-refractivity contribution in [2.45, 2.75) is 26.7 Å². The Labute approximate surface area is 127 Å². The van der Waals surface area contributed by atoms with Crippen LogP contribution >= 0.6 is 15.9 Å². The van der Waals surface area contributed by atoms with Crippen LogP contribution in [0.15, 0.2) is 16.6 Å². The molecule has 5 nitrogen and oxygen atoms in total. The summed E-state index contributed by atoms with van der Waals surface area (Å²) in [5, 5.41) is 9.17. The maximum atomic E-state index is 9.17. The van der Waals surface area contributed by atoms with Crippen molar-refractivity contribution in [2.75, 3.05) is 26.9 Å². The lowest BCUT2D eigenvalue weighted by molar-refractivity contribution is -0.152. The fourth-order valence-corrected chi connectivity index (χ4v) is 2.28. The Morgan fingerprint density at radius 2 is 1.85 bits per heavy atom. The summed E-state index contributed by atoms with van der Waals surface area (Å²) < 4.78 is 22.5. The largest absolute Gasteiger partial charge is 0.493 e. The van der Waals surface area contributed by atoms with E-state index in [1.54, 1.807) is 19.2 Å². The van der Waals surface area contributed by atoms with Crippen LogP contribution in [-0.4, -0.2) is 38.3 Å². The minimum atomic E-state index is -0.417. The molecule has 1 rings (SSSR count). The van der Waals surface area contributed by atoms with Crippen LogP contribution in [0.25, 0.3) is 0 Å². The molecule has 1 N–H and O–H groups in total. The van der Waals surface area contributed by atoms with E-state index >= 15 is 0 Å². The van der Waals surface area contributed by atoms with Gasteiger partial charge in [0, 0.05) is 13.2 Å². The summed E-state index contributed by atoms with van der Waals surface area (Å²) in [5.74, 6) is 1.12. The number of methoxy groups -OCH3 is 1. The first-order valence-electron chi connectivity index (χ1n) is 6.49. The van der Waals surface area contributed by atoms with E-state index < -0.39 is 6.29 Å². The summed E-state index contributed by atoms with van der Waals surface area (Å²) in [6, 6.07) is 3.52. The van der Waals surface area contributed by atoms with Crippen molar-refractivity contribution in [3.8, 4) is 11.5 Å². The van der Waals surface area contributed by atoms with E-state index in [2.05, 4.69) is 15.9 Å². The van der Waals surface area contributed by atoms with E-state index in [1.807, 2.05) is 13.8 Å². The molecule has 1 aromatic carbocycles. The van der Waals surface area contributed by atoms with Crippen molar-refractivity contribution in [3.63, 3.8) is 0 Å². The predicted molar refractivity (Wildman–Crippen MR) is 79.2 cm³/mol. The Bertz CT molecular complexity index is 405. The highest BCUT2D eigenvalue weighted by atomic mass is 79.9. The van der Waals surface area contributed by atoms with E-state index in [1.165, 1.54) is 0 Å². The van der Waals surface area contributed by atoms with Crippen molar-refractivity contribution in [1.29, 1.82) is 0 Å². The number of aliphatic hydroxyl groups is 1. The van der Waals surface area contributed by atoms with E-state index in [0.29, 0.717) is 29.2 Å². The molecule has 6 heteroatoms. The van der Waals surface area contributed by atoms with Gasteiger partial charge in [0.05, 0.1) is 18.2 Å². The SMILES string of the molecule is CCOC(COc1c(Br)cc(CO)cc1OC)OCC. The molecule has 0 saturated heterocycles. The summed E-state index contributed by atoms with van der Waals surface area (Å²) in [6.07, 6.45) is -0.417. The van der Waals surface area contributed by atoms with E-state index in [-0.39, 0.29) is 13.2 Å². The fourth-order valence-electron chi connectivity index (χ4n) is 1.67. The first kappa shape index (κ1) is 17.2. The number of halogens is 1. The molecule has 20 heavy (non-hydrogen) atoms. The third-order valence-corrected chi connectivity index (χ3v) is 3.13. The molecule has 0 atom stereocenters. The monoisotopic (exact) mass is 348 g/mol. The summed E-state index contributed by atoms with van der Waals surface area (Å²) in [6.45, 7) is 5.10. The molecule has 0 unspecified atom stereocenters. The average Bonchev–Trinajstić information content (AvgIpc) is 2.45. The zero-order valence-electron chi connectivity index (χ0n) is 12.0. The molecule has 0 aromatic heterocycles. The minimum absolute atomic E-state index is 0.0598. The second kappa shape index (κ2) is 9.18. The molecule has 0 fully saturated rings. The highest BCUT2D eigenvalue weighted by Gasteiger charge is 2.15. The molecule has 0 heterocycles. The lowest BCUT2D eigenvalue weighted by Crippen LogP contribution is -2.25. The molecule has 0 spiro atoms. The Hall–Kier alpha value is -0.820. The number of ether oxygens (including phenoxy) is 4. The van der Waals surface area contributed by atoms with Gasteiger partial charge in [0.25, 0.3) is 0 Å². The zero-order chi connectivity index (χ0) is 15.0. The van der Waals surface area contributed by atoms with Crippen molar-refractivity contribution in [3.05, 3.63) is 22.2 Å². The molecule has 1 aromatic rings. The third kappa shape index (κ3) is 4.94. The summed E-state index contributed by atoms with van der Waals surface area (Å²) in [4.78, 5) is 0. The molecule has 0 bridgehead atoms. The quantitative estimate of drug-likeness (QED) is 0.695. The van der Waals surface area contributed by atoms with Crippen molar-refractivity contribution in [1.82, 2.24) is 0 Å². The van der Waals surface area contributed by atoms with Crippen LogP contribution < -0.4 is 9.47 Å². The van der Waals surface area contributed by atoms with Crippen LogP contribution in [0.1, 0.15) is 19.4 Å². The minimum Gasteiger partial charge on any atom is -0.493 e. The van der Waals surface area contributed by atoms with Gasteiger partial charge in [-0.15, -0.1) is 0 Å². The van der Waals surface area contributed by atoms with Crippen molar-refractivity contribution < 1.29 is 24.1 Å². The topological polar surface area (TPSA) is 57.2 Å². The van der Waals surface area contributed by atoms with E-state index in [0.717, 1.165) is 5.56 Å². The van der Waals surface area contributed by atoms with Gasteiger partial charge in [0.1, 0.15) is 6.61 Å². The number of rotatable bonds is 9. The van der Waals surface area contributed by atoms with Gasteiger partial charge in [-0.2, -0.15) is 0 Å². The molecule has 0 radical (unpaired) electrons. The zero-order valence-corrected chi connectivity index (χ0v) is 13.6. The maximum absolute atomic E-state index is 9.17. The summed E-state index contributed by atoms with van der Waals surface area (Å²) in [7, 11) is 1.55. The number of aliphatic hydroxyl groups excluding tert-OH is 1. The fraction of sp³-hybridized carbons (Fsp3) is 0.571. The van der Waals surface area contributed by atoms with Gasteiger partial charge in [-0.1, -0.05) is 0 Å². The van der Waals surface area contributed by atoms with E-state index in [9.17, 15) is 5.11 Å². The standard InChI is InChI=1S/C14H21BrO5/c1-4-18-13(19-5-2)9-20-14-11(15)6-10(8-16)7-12(14)17-3/h6-7,13,16H,4-5,8-9H2,1-3H3. The third-order valence-electron chi connectivity index (χ3n) is 2.54. The average molecular weight is 349 g/mol. The Morgan fingerprint density at radius 3 is 2.35 bits per heavy atom. The summed E-state index contributed by atoms with van der Waals surface area (Å²) >= 11 is 3.41. The number of hydrogen-bond donors (Lipinski definition) is 1. The molecule has 0 amide bonds. The van der Waals surface area contributed by atoms with Crippen LogP contribution in [0.5, 0.6) is 11.5 Å². The second-order valence-corrected chi connectivity index (χ2v) is 4.77. The van der Waals surface area contributed by atoms with Gasteiger partial charge < -0.3 is 24.1 Å². The van der Waals surface area contributed by atoms with Gasteiger partial charge in [-0.25, -0.2) is 0 Å². The predicted octanol–water partition coefficient (Wildman–Crippen LogP) is 2.73. The van der Waals surface area contributed by atoms with Crippen LogP contribution in [0.2, 0.25) is 0 Å². The van der Waals surface area contributed by atoms with Gasteiger partial charge >= 0.3 is 0 Å². The van der Waals surface area contributed by atoms with Gasteiger partial charge in [0.15, 0.2) is 17.8 Å². The van der Waals surface area contributed by atoms with Crippen LogP contribution in [0.4, 0.5) is 0 Å². The first-order chi connectivity index (χ1) is 9.65. The smallest absolute Gasteiger partial charge is 0.191 e. The van der Waals surface area contributed by atoms with Crippen molar-refractivity contribution >= 4 is 15.9 Å². The van der Waals surface area contributed by atoms with Gasteiger partial charge in [0.2, 0.25) is 0 Å². The van der Waals surface area contributed by atoms with Gasteiger partial charge in [-0.05, 0) is 47.5 Å². The van der Waals surface area contributed by atoms with Crippen LogP contribution in [-0.2, 0) is 16.1 Å². The Balaban J connectivity index is 2.80. The molecule has 0 saturated carbocycles. The first-order valence-corrected chi connectivity index (χ1v) is 7.28. The molecule has 0 aliphatic carbocycles.